The van der Waals surface area contributed by atoms with Gasteiger partial charge in [-0.25, -0.2) is 0 Å². The summed E-state index contributed by atoms with van der Waals surface area (Å²) < 4.78 is 0. The van der Waals surface area contributed by atoms with Crippen molar-refractivity contribution in [3.05, 3.63) is 29.8 Å². The second-order valence-electron chi connectivity index (χ2n) is 9.86. The predicted molar refractivity (Wildman–Crippen MR) is 120 cm³/mol. The molecule has 1 saturated heterocycles. The highest BCUT2D eigenvalue weighted by Crippen LogP contribution is 2.53. The first kappa shape index (κ1) is 22.1. The lowest BCUT2D eigenvalue weighted by molar-refractivity contribution is 0.0970. The Hall–Kier alpha value is -1.17. The van der Waals surface area contributed by atoms with E-state index in [4.69, 9.17) is 0 Å². The SMILES string of the molecule is CC#CCN1CCN(c2ccccc2C2CC(C)(C)CC(C)(C)C2)CC1.Cl. The Morgan fingerprint density at radius 1 is 0.963 bits per heavy atom. The van der Waals surface area contributed by atoms with E-state index in [0.29, 0.717) is 16.7 Å². The van der Waals surface area contributed by atoms with E-state index in [1.54, 1.807) is 5.56 Å². The van der Waals surface area contributed by atoms with E-state index in [0.717, 1.165) is 32.7 Å². The van der Waals surface area contributed by atoms with Crippen molar-refractivity contribution < 1.29 is 0 Å². The maximum Gasteiger partial charge on any atom is 0.0602 e. The van der Waals surface area contributed by atoms with Crippen molar-refractivity contribution in [2.24, 2.45) is 10.8 Å². The van der Waals surface area contributed by atoms with Crippen LogP contribution in [0.5, 0.6) is 0 Å². The highest BCUT2D eigenvalue weighted by molar-refractivity contribution is 5.85. The molecule has 1 aliphatic heterocycles. The standard InChI is InChI=1S/C24H36N2.ClH/c1-6-7-12-25-13-15-26(16-14-25)22-11-9-8-10-21(22)20-17-23(2,3)19-24(4,5)18-20;/h8-11,20H,12-19H2,1-5H3;1H. The number of piperazine rings is 1. The number of benzene rings is 1. The largest absolute Gasteiger partial charge is 0.369 e. The molecule has 0 spiro atoms. The number of rotatable bonds is 3. The number of hydrogen-bond acceptors (Lipinski definition) is 2. The van der Waals surface area contributed by atoms with Gasteiger partial charge in [0.05, 0.1) is 6.54 Å². The van der Waals surface area contributed by atoms with E-state index < -0.39 is 0 Å². The summed E-state index contributed by atoms with van der Waals surface area (Å²) in [5.41, 5.74) is 3.91. The van der Waals surface area contributed by atoms with Crippen LogP contribution in [0.25, 0.3) is 0 Å². The maximum absolute atomic E-state index is 3.21. The summed E-state index contributed by atoms with van der Waals surface area (Å²) in [5.74, 6) is 6.91. The molecule has 0 aromatic heterocycles. The van der Waals surface area contributed by atoms with Gasteiger partial charge in [-0.3, -0.25) is 4.90 Å². The van der Waals surface area contributed by atoms with Gasteiger partial charge in [-0.15, -0.1) is 18.3 Å². The second kappa shape index (κ2) is 8.89. The lowest BCUT2D eigenvalue weighted by Crippen LogP contribution is -2.47. The average Bonchev–Trinajstić information content (AvgIpc) is 2.58. The molecule has 1 aromatic rings. The Labute approximate surface area is 173 Å². The second-order valence-corrected chi connectivity index (χ2v) is 9.86. The van der Waals surface area contributed by atoms with Crippen molar-refractivity contribution in [3.8, 4) is 11.8 Å². The normalized spacial score (nSPS) is 22.5. The number of hydrogen-bond donors (Lipinski definition) is 0. The van der Waals surface area contributed by atoms with Gasteiger partial charge in [-0.1, -0.05) is 51.8 Å². The highest BCUT2D eigenvalue weighted by Gasteiger charge is 2.39. The zero-order valence-electron chi connectivity index (χ0n) is 17.8. The maximum atomic E-state index is 3.21. The lowest BCUT2D eigenvalue weighted by Gasteiger charge is -2.46. The average molecular weight is 389 g/mol. The van der Waals surface area contributed by atoms with E-state index >= 15 is 0 Å². The van der Waals surface area contributed by atoms with Gasteiger partial charge in [0.1, 0.15) is 0 Å². The van der Waals surface area contributed by atoms with Crippen molar-refractivity contribution in [3.63, 3.8) is 0 Å². The summed E-state index contributed by atoms with van der Waals surface area (Å²) in [5, 5.41) is 0. The monoisotopic (exact) mass is 388 g/mol. The Balaban J connectivity index is 0.00000261. The summed E-state index contributed by atoms with van der Waals surface area (Å²) in [4.78, 5) is 5.09. The molecule has 27 heavy (non-hydrogen) atoms. The van der Waals surface area contributed by atoms with Gasteiger partial charge >= 0.3 is 0 Å². The van der Waals surface area contributed by atoms with Gasteiger partial charge in [-0.05, 0) is 54.6 Å². The molecule has 2 fully saturated rings. The Bertz CT molecular complexity index is 659. The van der Waals surface area contributed by atoms with Crippen LogP contribution in [0.1, 0.15) is 65.4 Å². The molecular weight excluding hydrogens is 352 g/mol. The van der Waals surface area contributed by atoms with Gasteiger partial charge in [0.15, 0.2) is 0 Å². The summed E-state index contributed by atoms with van der Waals surface area (Å²) in [6, 6.07) is 9.20. The molecule has 0 unspecified atom stereocenters. The molecule has 0 N–H and O–H groups in total. The first-order valence-electron chi connectivity index (χ1n) is 10.3. The molecule has 1 aliphatic carbocycles. The lowest BCUT2D eigenvalue weighted by atomic mass is 9.60. The topological polar surface area (TPSA) is 6.48 Å². The molecular formula is C24H37ClN2. The van der Waals surface area contributed by atoms with Crippen molar-refractivity contribution >= 4 is 18.1 Å². The van der Waals surface area contributed by atoms with Crippen LogP contribution in [0.15, 0.2) is 24.3 Å². The Kier molecular flexibility index (Phi) is 7.28. The molecule has 3 rings (SSSR count). The van der Waals surface area contributed by atoms with Crippen LogP contribution in [0.3, 0.4) is 0 Å². The molecule has 0 radical (unpaired) electrons. The van der Waals surface area contributed by atoms with Crippen LogP contribution in [0.2, 0.25) is 0 Å². The first-order chi connectivity index (χ1) is 12.3. The minimum absolute atomic E-state index is 0. The minimum Gasteiger partial charge on any atom is -0.369 e. The van der Waals surface area contributed by atoms with E-state index in [2.05, 4.69) is 73.6 Å². The van der Waals surface area contributed by atoms with Crippen molar-refractivity contribution in [1.82, 2.24) is 4.90 Å². The third-order valence-electron chi connectivity index (χ3n) is 6.12. The van der Waals surface area contributed by atoms with Crippen LogP contribution in [-0.2, 0) is 0 Å². The summed E-state index contributed by atoms with van der Waals surface area (Å²) >= 11 is 0. The quantitative estimate of drug-likeness (QED) is 0.624. The predicted octanol–water partition coefficient (Wildman–Crippen LogP) is 5.57. The molecule has 0 bridgehead atoms. The number of nitrogens with zero attached hydrogens (tertiary/aromatic N) is 2. The minimum atomic E-state index is 0. The molecule has 0 atom stereocenters. The van der Waals surface area contributed by atoms with Gasteiger partial charge in [0, 0.05) is 31.9 Å². The fraction of sp³-hybridized carbons (Fsp3) is 0.667. The van der Waals surface area contributed by atoms with Crippen molar-refractivity contribution in [2.75, 3.05) is 37.6 Å². The third-order valence-corrected chi connectivity index (χ3v) is 6.12. The highest BCUT2D eigenvalue weighted by atomic mass is 35.5. The molecule has 0 amide bonds. The van der Waals surface area contributed by atoms with E-state index in [1.807, 2.05) is 6.92 Å². The van der Waals surface area contributed by atoms with Gasteiger partial charge in [0.2, 0.25) is 0 Å². The summed E-state index contributed by atoms with van der Waals surface area (Å²) in [7, 11) is 0. The summed E-state index contributed by atoms with van der Waals surface area (Å²) in [6.45, 7) is 17.1. The van der Waals surface area contributed by atoms with Crippen LogP contribution in [0.4, 0.5) is 5.69 Å². The van der Waals surface area contributed by atoms with E-state index in [1.165, 1.54) is 24.9 Å². The molecule has 1 saturated carbocycles. The summed E-state index contributed by atoms with van der Waals surface area (Å²) in [6.07, 6.45) is 3.94. The third kappa shape index (κ3) is 5.66. The Morgan fingerprint density at radius 2 is 1.56 bits per heavy atom. The van der Waals surface area contributed by atoms with Crippen LogP contribution in [-0.4, -0.2) is 37.6 Å². The van der Waals surface area contributed by atoms with Gasteiger partial charge in [0.25, 0.3) is 0 Å². The zero-order chi connectivity index (χ0) is 18.8. The number of halogens is 1. The molecule has 1 aromatic carbocycles. The van der Waals surface area contributed by atoms with Gasteiger partial charge in [-0.2, -0.15) is 0 Å². The molecule has 150 valence electrons. The van der Waals surface area contributed by atoms with Crippen molar-refractivity contribution in [2.45, 2.75) is 59.8 Å². The van der Waals surface area contributed by atoms with E-state index in [-0.39, 0.29) is 12.4 Å². The molecule has 3 heteroatoms. The fourth-order valence-corrected chi connectivity index (χ4v) is 5.52. The Morgan fingerprint density at radius 3 is 2.15 bits per heavy atom. The number of anilines is 1. The fourth-order valence-electron chi connectivity index (χ4n) is 5.52. The zero-order valence-corrected chi connectivity index (χ0v) is 18.7. The molecule has 2 nitrogen and oxygen atoms in total. The van der Waals surface area contributed by atoms with Crippen LogP contribution < -0.4 is 4.90 Å². The van der Waals surface area contributed by atoms with Crippen molar-refractivity contribution in [1.29, 1.82) is 0 Å². The molecule has 2 aliphatic rings. The smallest absolute Gasteiger partial charge is 0.0602 e. The van der Waals surface area contributed by atoms with Gasteiger partial charge < -0.3 is 4.90 Å². The first-order valence-corrected chi connectivity index (χ1v) is 10.3. The number of para-hydroxylation sites is 1. The van der Waals surface area contributed by atoms with Crippen LogP contribution in [0, 0.1) is 22.7 Å². The van der Waals surface area contributed by atoms with Crippen LogP contribution >= 0.6 is 12.4 Å². The van der Waals surface area contributed by atoms with E-state index in [9.17, 15) is 0 Å². The molecule has 1 heterocycles.